The molecule has 1 aliphatic heterocycles. The van der Waals surface area contributed by atoms with E-state index in [-0.39, 0.29) is 5.71 Å². The van der Waals surface area contributed by atoms with Crippen LogP contribution < -0.4 is 0 Å². The van der Waals surface area contributed by atoms with E-state index < -0.39 is 30.9 Å². The maximum absolute atomic E-state index is 10.6. The molecule has 4 N–H and O–H groups in total. The highest BCUT2D eigenvalue weighted by atomic mass is 16.6. The predicted octanol–water partition coefficient (Wildman–Crippen LogP) is -2.35. The summed E-state index contributed by atoms with van der Waals surface area (Å²) in [6, 6.07) is 0. The van der Waals surface area contributed by atoms with Crippen molar-refractivity contribution >= 4 is 11.7 Å². The third-order valence-electron chi connectivity index (χ3n) is 1.63. The lowest BCUT2D eigenvalue weighted by Crippen LogP contribution is -2.36. The zero-order valence-electron chi connectivity index (χ0n) is 6.10. The quantitative estimate of drug-likeness (QED) is 0.277. The van der Waals surface area contributed by atoms with Crippen molar-refractivity contribution in [2.24, 2.45) is 0 Å². The van der Waals surface area contributed by atoms with Gasteiger partial charge >= 0.3 is 5.97 Å². The van der Waals surface area contributed by atoms with Gasteiger partial charge in [0.15, 0.2) is 12.2 Å². The topological polar surface area (TPSA) is 111 Å². The van der Waals surface area contributed by atoms with Crippen LogP contribution in [0.15, 0.2) is 0 Å². The SMILES string of the molecule is N=C(CO)C1OC(=O)C(O)C1O. The molecule has 6 nitrogen and oxygen atoms in total. The largest absolute Gasteiger partial charge is 0.451 e. The Bertz CT molecular complexity index is 216. The van der Waals surface area contributed by atoms with Gasteiger partial charge in [0, 0.05) is 0 Å². The minimum absolute atomic E-state index is 0.326. The standard InChI is InChI=1S/C6H9NO5/c7-2(1-8)5-3(9)4(10)6(11)12-5/h3-5,7-10H,1H2. The molecule has 1 heterocycles. The van der Waals surface area contributed by atoms with Crippen molar-refractivity contribution in [3.8, 4) is 0 Å². The molecule has 3 unspecified atom stereocenters. The van der Waals surface area contributed by atoms with Gasteiger partial charge in [0.25, 0.3) is 0 Å². The molecule has 1 fully saturated rings. The van der Waals surface area contributed by atoms with Crippen LogP contribution in [0.5, 0.6) is 0 Å². The van der Waals surface area contributed by atoms with Crippen molar-refractivity contribution in [3.63, 3.8) is 0 Å². The van der Waals surface area contributed by atoms with Crippen molar-refractivity contribution in [3.05, 3.63) is 0 Å². The third kappa shape index (κ3) is 1.31. The maximum Gasteiger partial charge on any atom is 0.338 e. The summed E-state index contributed by atoms with van der Waals surface area (Å²) >= 11 is 0. The molecule has 0 bridgehead atoms. The zero-order chi connectivity index (χ0) is 9.30. The number of aliphatic hydroxyl groups excluding tert-OH is 3. The highest BCUT2D eigenvalue weighted by Crippen LogP contribution is 2.16. The van der Waals surface area contributed by atoms with Gasteiger partial charge in [0.05, 0.1) is 12.3 Å². The average molecular weight is 175 g/mol. The lowest BCUT2D eigenvalue weighted by Gasteiger charge is -2.12. The van der Waals surface area contributed by atoms with Crippen molar-refractivity contribution in [1.82, 2.24) is 0 Å². The smallest absolute Gasteiger partial charge is 0.338 e. The first-order valence-corrected chi connectivity index (χ1v) is 3.32. The Morgan fingerprint density at radius 1 is 1.58 bits per heavy atom. The van der Waals surface area contributed by atoms with Crippen LogP contribution in [0, 0.1) is 5.41 Å². The van der Waals surface area contributed by atoms with Crippen LogP contribution in [0.3, 0.4) is 0 Å². The Morgan fingerprint density at radius 2 is 2.17 bits per heavy atom. The van der Waals surface area contributed by atoms with Gasteiger partial charge in [-0.1, -0.05) is 0 Å². The average Bonchev–Trinajstić information content (AvgIpc) is 2.32. The van der Waals surface area contributed by atoms with Crippen molar-refractivity contribution in [2.75, 3.05) is 6.61 Å². The summed E-state index contributed by atoms with van der Waals surface area (Å²) in [6.07, 6.45) is -4.27. The second kappa shape index (κ2) is 3.18. The van der Waals surface area contributed by atoms with E-state index in [1.165, 1.54) is 0 Å². The number of hydrogen-bond donors (Lipinski definition) is 4. The molecule has 6 heteroatoms. The van der Waals surface area contributed by atoms with Gasteiger partial charge in [-0.2, -0.15) is 0 Å². The monoisotopic (exact) mass is 175 g/mol. The Labute approximate surface area is 67.9 Å². The van der Waals surface area contributed by atoms with E-state index in [0.717, 1.165) is 0 Å². The van der Waals surface area contributed by atoms with Gasteiger partial charge in [0.1, 0.15) is 6.10 Å². The molecule has 0 aromatic heterocycles. The molecule has 0 aromatic carbocycles. The third-order valence-corrected chi connectivity index (χ3v) is 1.63. The van der Waals surface area contributed by atoms with Crippen LogP contribution in [-0.2, 0) is 9.53 Å². The summed E-state index contributed by atoms with van der Waals surface area (Å²) in [5.41, 5.74) is -0.326. The Balaban J connectivity index is 2.70. The summed E-state index contributed by atoms with van der Waals surface area (Å²) in [4.78, 5) is 10.6. The second-order valence-corrected chi connectivity index (χ2v) is 2.48. The van der Waals surface area contributed by atoms with Gasteiger partial charge in [0.2, 0.25) is 0 Å². The fourth-order valence-corrected chi connectivity index (χ4v) is 0.937. The van der Waals surface area contributed by atoms with Crippen LogP contribution in [0.1, 0.15) is 0 Å². The Kier molecular flexibility index (Phi) is 2.41. The first-order chi connectivity index (χ1) is 5.57. The van der Waals surface area contributed by atoms with Crippen LogP contribution in [0.4, 0.5) is 0 Å². The molecular formula is C6H9NO5. The number of hydrogen-bond acceptors (Lipinski definition) is 6. The van der Waals surface area contributed by atoms with Crippen molar-refractivity contribution in [2.45, 2.75) is 18.3 Å². The maximum atomic E-state index is 10.6. The van der Waals surface area contributed by atoms with Crippen LogP contribution in [-0.4, -0.2) is 51.9 Å². The van der Waals surface area contributed by atoms with Crippen LogP contribution in [0.2, 0.25) is 0 Å². The van der Waals surface area contributed by atoms with E-state index in [2.05, 4.69) is 4.74 Å². The second-order valence-electron chi connectivity index (χ2n) is 2.48. The predicted molar refractivity (Wildman–Crippen MR) is 36.7 cm³/mol. The van der Waals surface area contributed by atoms with Crippen LogP contribution >= 0.6 is 0 Å². The van der Waals surface area contributed by atoms with Gasteiger partial charge < -0.3 is 25.5 Å². The summed E-state index contributed by atoms with van der Waals surface area (Å²) in [5.74, 6) is -0.967. The van der Waals surface area contributed by atoms with E-state index in [4.69, 9.17) is 20.7 Å². The molecule has 1 rings (SSSR count). The van der Waals surface area contributed by atoms with Crippen molar-refractivity contribution < 1.29 is 24.9 Å². The highest BCUT2D eigenvalue weighted by Gasteiger charge is 2.44. The highest BCUT2D eigenvalue weighted by molar-refractivity contribution is 5.93. The molecule has 0 radical (unpaired) electrons. The zero-order valence-corrected chi connectivity index (χ0v) is 6.10. The first kappa shape index (κ1) is 9.11. The van der Waals surface area contributed by atoms with E-state index in [9.17, 15) is 4.79 Å². The minimum atomic E-state index is -1.61. The summed E-state index contributed by atoms with van der Waals surface area (Å²) in [7, 11) is 0. The molecule has 12 heavy (non-hydrogen) atoms. The molecule has 1 aliphatic rings. The van der Waals surface area contributed by atoms with Crippen LogP contribution in [0.25, 0.3) is 0 Å². The number of cyclic esters (lactones) is 1. The molecule has 0 spiro atoms. The Hall–Kier alpha value is -0.980. The van der Waals surface area contributed by atoms with Gasteiger partial charge in [-0.05, 0) is 0 Å². The molecule has 0 amide bonds. The summed E-state index contributed by atoms with van der Waals surface area (Å²) in [5, 5.41) is 33.5. The number of esters is 1. The number of aliphatic hydroxyl groups is 3. The minimum Gasteiger partial charge on any atom is -0.451 e. The number of rotatable bonds is 2. The van der Waals surface area contributed by atoms with E-state index in [0.29, 0.717) is 0 Å². The van der Waals surface area contributed by atoms with E-state index >= 15 is 0 Å². The number of nitrogens with one attached hydrogen (secondary N) is 1. The molecule has 0 saturated carbocycles. The Morgan fingerprint density at radius 3 is 2.50 bits per heavy atom. The van der Waals surface area contributed by atoms with Crippen molar-refractivity contribution in [1.29, 1.82) is 5.41 Å². The first-order valence-electron chi connectivity index (χ1n) is 3.32. The lowest BCUT2D eigenvalue weighted by atomic mass is 10.1. The number of carbonyl (C=O) groups is 1. The molecular weight excluding hydrogens is 166 g/mol. The molecule has 1 saturated heterocycles. The van der Waals surface area contributed by atoms with Gasteiger partial charge in [-0.25, -0.2) is 4.79 Å². The molecule has 3 atom stereocenters. The van der Waals surface area contributed by atoms with Gasteiger partial charge in [-0.3, -0.25) is 0 Å². The fourth-order valence-electron chi connectivity index (χ4n) is 0.937. The summed E-state index contributed by atoms with van der Waals surface area (Å²) in [6.45, 7) is -0.609. The van der Waals surface area contributed by atoms with E-state index in [1.807, 2.05) is 0 Å². The number of ether oxygens (including phenoxy) is 1. The molecule has 0 aliphatic carbocycles. The number of carbonyl (C=O) groups excluding carboxylic acids is 1. The van der Waals surface area contributed by atoms with E-state index in [1.54, 1.807) is 0 Å². The van der Waals surface area contributed by atoms with Gasteiger partial charge in [-0.15, -0.1) is 0 Å². The molecule has 0 aromatic rings. The summed E-state index contributed by atoms with van der Waals surface area (Å²) < 4.78 is 4.42. The fraction of sp³-hybridized carbons (Fsp3) is 0.667. The normalized spacial score (nSPS) is 34.9. The lowest BCUT2D eigenvalue weighted by molar-refractivity contribution is -0.146. The molecule has 68 valence electrons.